The van der Waals surface area contributed by atoms with Crippen LogP contribution in [0.25, 0.3) is 0 Å². The van der Waals surface area contributed by atoms with Crippen LogP contribution in [0.3, 0.4) is 0 Å². The van der Waals surface area contributed by atoms with Crippen LogP contribution < -0.4 is 10.5 Å². The average Bonchev–Trinajstić information content (AvgIpc) is 3.03. The van der Waals surface area contributed by atoms with Crippen LogP contribution in [0, 0.1) is 6.92 Å². The lowest BCUT2D eigenvalue weighted by Gasteiger charge is -2.02. The molecule has 8 heteroatoms. The van der Waals surface area contributed by atoms with E-state index in [1.807, 2.05) is 19.1 Å². The molecule has 0 fully saturated rings. The molecule has 0 aromatic carbocycles. The zero-order valence-electron chi connectivity index (χ0n) is 11.2. The predicted molar refractivity (Wildman–Crippen MR) is 79.0 cm³/mol. The second-order valence-electron chi connectivity index (χ2n) is 4.42. The van der Waals surface area contributed by atoms with Gasteiger partial charge < -0.3 is 5.73 Å². The Bertz CT molecular complexity index is 661. The van der Waals surface area contributed by atoms with Gasteiger partial charge in [-0.25, -0.2) is 13.1 Å². The molecule has 0 unspecified atom stereocenters. The van der Waals surface area contributed by atoms with Crippen LogP contribution in [-0.2, 0) is 23.1 Å². The number of sulfonamides is 1. The van der Waals surface area contributed by atoms with Crippen molar-refractivity contribution in [3.05, 3.63) is 34.3 Å². The van der Waals surface area contributed by atoms with Crippen LogP contribution in [0.15, 0.2) is 29.4 Å². The molecule has 110 valence electrons. The van der Waals surface area contributed by atoms with Crippen LogP contribution in [0.2, 0.25) is 0 Å². The van der Waals surface area contributed by atoms with Gasteiger partial charge in [-0.3, -0.25) is 4.68 Å². The Balaban J connectivity index is 2.00. The molecule has 0 spiro atoms. The number of hydrogen-bond acceptors (Lipinski definition) is 5. The molecule has 0 amide bonds. The van der Waals surface area contributed by atoms with E-state index in [0.717, 1.165) is 16.2 Å². The van der Waals surface area contributed by atoms with Gasteiger partial charge in [0.1, 0.15) is 4.90 Å². The summed E-state index contributed by atoms with van der Waals surface area (Å²) in [7, 11) is -3.51. The van der Waals surface area contributed by atoms with Gasteiger partial charge in [-0.2, -0.15) is 5.10 Å². The first-order chi connectivity index (χ1) is 9.51. The minimum Gasteiger partial charge on any atom is -0.330 e. The number of nitrogens with one attached hydrogen (secondary N) is 1. The Morgan fingerprint density at radius 3 is 2.90 bits per heavy atom. The van der Waals surface area contributed by atoms with Crippen LogP contribution >= 0.6 is 11.3 Å². The Hall–Kier alpha value is -1.22. The summed E-state index contributed by atoms with van der Waals surface area (Å²) in [6.07, 6.45) is 3.65. The van der Waals surface area contributed by atoms with E-state index in [-0.39, 0.29) is 4.90 Å². The molecule has 2 rings (SSSR count). The summed E-state index contributed by atoms with van der Waals surface area (Å²) < 4.78 is 28.4. The molecule has 0 radical (unpaired) electrons. The number of thiophene rings is 1. The third kappa shape index (κ3) is 3.89. The van der Waals surface area contributed by atoms with Crippen LogP contribution in [0.4, 0.5) is 0 Å². The first kappa shape index (κ1) is 15.2. The lowest BCUT2D eigenvalue weighted by Crippen LogP contribution is -2.22. The largest absolute Gasteiger partial charge is 0.330 e. The fraction of sp³-hybridized carbons (Fsp3) is 0.417. The van der Waals surface area contributed by atoms with E-state index in [1.165, 1.54) is 12.4 Å². The van der Waals surface area contributed by atoms with Crippen LogP contribution in [0.5, 0.6) is 0 Å². The molecule has 0 bridgehead atoms. The highest BCUT2D eigenvalue weighted by Crippen LogP contribution is 2.16. The smallest absolute Gasteiger partial charge is 0.244 e. The number of nitrogens with two attached hydrogens (primary N) is 1. The first-order valence-corrected chi connectivity index (χ1v) is 8.59. The maximum absolute atomic E-state index is 12.1. The second-order valence-corrected chi connectivity index (χ2v) is 7.56. The van der Waals surface area contributed by atoms with Crippen LogP contribution in [-0.4, -0.2) is 24.7 Å². The van der Waals surface area contributed by atoms with Gasteiger partial charge in [-0.1, -0.05) is 0 Å². The molecular weight excluding hydrogens is 296 g/mol. The third-order valence-corrected chi connectivity index (χ3v) is 5.10. The molecule has 20 heavy (non-hydrogen) atoms. The van der Waals surface area contributed by atoms with E-state index in [0.29, 0.717) is 19.6 Å². The van der Waals surface area contributed by atoms with Gasteiger partial charge in [-0.05, 0) is 32.0 Å². The maximum atomic E-state index is 12.1. The molecule has 2 aromatic heterocycles. The normalized spacial score (nSPS) is 11.9. The Morgan fingerprint density at radius 2 is 2.25 bits per heavy atom. The summed E-state index contributed by atoms with van der Waals surface area (Å²) in [6.45, 7) is 3.47. The predicted octanol–water partition coefficient (Wildman–Crippen LogP) is 1.08. The molecule has 3 N–H and O–H groups in total. The van der Waals surface area contributed by atoms with Crippen molar-refractivity contribution in [1.29, 1.82) is 0 Å². The van der Waals surface area contributed by atoms with E-state index in [2.05, 4.69) is 9.82 Å². The molecule has 2 heterocycles. The molecule has 0 saturated carbocycles. The number of nitrogens with zero attached hydrogens (tertiary/aromatic N) is 2. The van der Waals surface area contributed by atoms with Crippen molar-refractivity contribution >= 4 is 21.4 Å². The summed E-state index contributed by atoms with van der Waals surface area (Å²) in [5, 5.41) is 4.02. The van der Waals surface area contributed by atoms with Crippen molar-refractivity contribution in [2.24, 2.45) is 5.73 Å². The standard InChI is InChI=1S/C12H18N4O2S2/c1-10-3-4-11(19-10)7-15-20(17,18)12-8-14-16(9-12)6-2-5-13/h3-4,8-9,15H,2,5-7,13H2,1H3. The summed E-state index contributed by atoms with van der Waals surface area (Å²) in [5.41, 5.74) is 5.41. The molecule has 2 aromatic rings. The summed E-state index contributed by atoms with van der Waals surface area (Å²) in [6, 6.07) is 3.90. The fourth-order valence-electron chi connectivity index (χ4n) is 1.69. The topological polar surface area (TPSA) is 90.0 Å². The number of aryl methyl sites for hydroxylation is 2. The SMILES string of the molecule is Cc1ccc(CNS(=O)(=O)c2cnn(CCCN)c2)s1. The highest BCUT2D eigenvalue weighted by Gasteiger charge is 2.16. The summed E-state index contributed by atoms with van der Waals surface area (Å²) >= 11 is 1.58. The van der Waals surface area contributed by atoms with E-state index >= 15 is 0 Å². The number of aromatic nitrogens is 2. The lowest BCUT2D eigenvalue weighted by molar-refractivity contribution is 0.576. The van der Waals surface area contributed by atoms with Crippen LogP contribution in [0.1, 0.15) is 16.2 Å². The highest BCUT2D eigenvalue weighted by molar-refractivity contribution is 7.89. The molecule has 0 aliphatic heterocycles. The Kier molecular flexibility index (Phi) is 4.92. The Labute approximate surface area is 122 Å². The van der Waals surface area contributed by atoms with Gasteiger partial charge in [0.15, 0.2) is 0 Å². The molecule has 0 aliphatic carbocycles. The first-order valence-electron chi connectivity index (χ1n) is 6.29. The van der Waals surface area contributed by atoms with Crippen molar-refractivity contribution < 1.29 is 8.42 Å². The van der Waals surface area contributed by atoms with Gasteiger partial charge in [0.05, 0.1) is 6.20 Å². The third-order valence-electron chi connectivity index (χ3n) is 2.74. The van der Waals surface area contributed by atoms with Crippen molar-refractivity contribution in [3.8, 4) is 0 Å². The molecule has 6 nitrogen and oxygen atoms in total. The molecule has 0 saturated heterocycles. The van der Waals surface area contributed by atoms with Gasteiger partial charge in [0.25, 0.3) is 0 Å². The zero-order chi connectivity index (χ0) is 14.6. The minimum atomic E-state index is -3.51. The lowest BCUT2D eigenvalue weighted by atomic mass is 10.4. The summed E-state index contributed by atoms with van der Waals surface area (Å²) in [5.74, 6) is 0. The maximum Gasteiger partial charge on any atom is 0.244 e. The van der Waals surface area contributed by atoms with Crippen molar-refractivity contribution in [2.75, 3.05) is 6.54 Å². The molecular formula is C12H18N4O2S2. The van der Waals surface area contributed by atoms with Gasteiger partial charge >= 0.3 is 0 Å². The Morgan fingerprint density at radius 1 is 1.45 bits per heavy atom. The molecule has 0 aliphatic rings. The highest BCUT2D eigenvalue weighted by atomic mass is 32.2. The number of rotatable bonds is 7. The van der Waals surface area contributed by atoms with Gasteiger partial charge in [0, 0.05) is 29.0 Å². The summed E-state index contributed by atoms with van der Waals surface area (Å²) in [4.78, 5) is 2.33. The number of hydrogen-bond donors (Lipinski definition) is 2. The minimum absolute atomic E-state index is 0.183. The van der Waals surface area contributed by atoms with E-state index in [4.69, 9.17) is 5.73 Å². The van der Waals surface area contributed by atoms with E-state index < -0.39 is 10.0 Å². The second kappa shape index (κ2) is 6.49. The fourth-order valence-corrected chi connectivity index (χ4v) is 3.57. The van der Waals surface area contributed by atoms with E-state index in [1.54, 1.807) is 16.0 Å². The van der Waals surface area contributed by atoms with Gasteiger partial charge in [0.2, 0.25) is 10.0 Å². The average molecular weight is 314 g/mol. The monoisotopic (exact) mass is 314 g/mol. The van der Waals surface area contributed by atoms with Crippen molar-refractivity contribution in [2.45, 2.75) is 31.3 Å². The molecule has 0 atom stereocenters. The van der Waals surface area contributed by atoms with Crippen molar-refractivity contribution in [3.63, 3.8) is 0 Å². The van der Waals surface area contributed by atoms with Crippen molar-refractivity contribution in [1.82, 2.24) is 14.5 Å². The zero-order valence-corrected chi connectivity index (χ0v) is 12.9. The van der Waals surface area contributed by atoms with E-state index in [9.17, 15) is 8.42 Å². The quantitative estimate of drug-likeness (QED) is 0.800. The van der Waals surface area contributed by atoms with Gasteiger partial charge in [-0.15, -0.1) is 11.3 Å².